The van der Waals surface area contributed by atoms with Crippen molar-refractivity contribution in [2.24, 2.45) is 0 Å². The fourth-order valence-corrected chi connectivity index (χ4v) is 1.63. The van der Waals surface area contributed by atoms with Crippen molar-refractivity contribution in [2.75, 3.05) is 0 Å². The topological polar surface area (TPSA) is 67.3 Å². The van der Waals surface area contributed by atoms with Crippen molar-refractivity contribution in [2.45, 2.75) is 6.92 Å². The molecule has 5 heteroatoms. The van der Waals surface area contributed by atoms with E-state index in [1.807, 2.05) is 31.2 Å². The number of benzene rings is 1. The van der Waals surface area contributed by atoms with E-state index in [1.54, 1.807) is 18.6 Å². The highest BCUT2D eigenvalue weighted by Gasteiger charge is 2.08. The molecule has 2 heterocycles. The first-order chi connectivity index (χ1) is 8.83. The van der Waals surface area contributed by atoms with Crippen molar-refractivity contribution in [3.05, 3.63) is 48.4 Å². The molecule has 0 amide bonds. The van der Waals surface area contributed by atoms with E-state index < -0.39 is 0 Å². The molecule has 0 atom stereocenters. The van der Waals surface area contributed by atoms with Crippen molar-refractivity contribution >= 4 is 0 Å². The summed E-state index contributed by atoms with van der Waals surface area (Å²) in [7, 11) is 0. The molecule has 0 unspecified atom stereocenters. The summed E-state index contributed by atoms with van der Waals surface area (Å²) in [6.07, 6.45) is 4.91. The first-order valence-electron chi connectivity index (χ1n) is 5.59. The minimum absolute atomic E-state index is 0.624. The zero-order chi connectivity index (χ0) is 12.4. The molecule has 0 radical (unpaired) electrons. The van der Waals surface area contributed by atoms with Crippen molar-refractivity contribution in [1.29, 1.82) is 0 Å². The van der Waals surface area contributed by atoms with E-state index in [0.717, 1.165) is 5.56 Å². The van der Waals surface area contributed by atoms with Gasteiger partial charge < -0.3 is 0 Å². The van der Waals surface area contributed by atoms with E-state index in [1.165, 1.54) is 5.56 Å². The second-order valence-corrected chi connectivity index (χ2v) is 3.96. The number of hydrogen-bond acceptors (Lipinski definition) is 4. The summed E-state index contributed by atoms with van der Waals surface area (Å²) >= 11 is 0. The molecule has 0 saturated heterocycles. The lowest BCUT2D eigenvalue weighted by Crippen LogP contribution is -1.86. The summed E-state index contributed by atoms with van der Waals surface area (Å²) in [6.45, 7) is 2.05. The highest BCUT2D eigenvalue weighted by molar-refractivity contribution is 5.58. The quantitative estimate of drug-likeness (QED) is 0.742. The van der Waals surface area contributed by atoms with Gasteiger partial charge in [-0.05, 0) is 6.92 Å². The first kappa shape index (κ1) is 10.6. The average molecular weight is 237 g/mol. The normalized spacial score (nSPS) is 10.5. The number of aromatic nitrogens is 5. The van der Waals surface area contributed by atoms with Crippen LogP contribution in [0.5, 0.6) is 0 Å². The van der Waals surface area contributed by atoms with Gasteiger partial charge >= 0.3 is 0 Å². The standard InChI is InChI=1S/C13H11N5/c1-9-2-4-10(5-3-9)12-16-13(18-17-12)11-8-14-6-7-15-11/h2-8H,1H3,(H,16,17,18). The predicted octanol–water partition coefficient (Wildman–Crippen LogP) is 2.24. The van der Waals surface area contributed by atoms with Crippen molar-refractivity contribution in [3.8, 4) is 22.9 Å². The summed E-state index contributed by atoms with van der Waals surface area (Å²) in [4.78, 5) is 12.6. The number of H-pyrrole nitrogens is 1. The molecule has 3 rings (SSSR count). The lowest BCUT2D eigenvalue weighted by Gasteiger charge is -1.95. The highest BCUT2D eigenvalue weighted by atomic mass is 15.2. The van der Waals surface area contributed by atoms with Gasteiger partial charge in [0.2, 0.25) is 0 Å². The maximum Gasteiger partial charge on any atom is 0.181 e. The Kier molecular flexibility index (Phi) is 2.57. The third-order valence-electron chi connectivity index (χ3n) is 2.60. The number of nitrogens with one attached hydrogen (secondary N) is 1. The van der Waals surface area contributed by atoms with Crippen LogP contribution in [-0.4, -0.2) is 25.1 Å². The van der Waals surface area contributed by atoms with Gasteiger partial charge in [0.1, 0.15) is 5.69 Å². The molecule has 0 saturated carbocycles. The Morgan fingerprint density at radius 2 is 1.89 bits per heavy atom. The molecule has 18 heavy (non-hydrogen) atoms. The molecule has 0 aliphatic rings. The summed E-state index contributed by atoms with van der Waals surface area (Å²) in [5.41, 5.74) is 2.87. The Hall–Kier alpha value is -2.56. The molecule has 2 aromatic heterocycles. The average Bonchev–Trinajstić information content (AvgIpc) is 2.90. The Labute approximate surface area is 104 Å². The Bertz CT molecular complexity index is 643. The van der Waals surface area contributed by atoms with Crippen LogP contribution in [0.25, 0.3) is 22.9 Å². The second kappa shape index (κ2) is 4.37. The van der Waals surface area contributed by atoms with Gasteiger partial charge in [0.25, 0.3) is 0 Å². The molecule has 1 N–H and O–H groups in total. The van der Waals surface area contributed by atoms with Crippen LogP contribution in [0.3, 0.4) is 0 Å². The van der Waals surface area contributed by atoms with Gasteiger partial charge in [-0.1, -0.05) is 29.8 Å². The number of nitrogens with zero attached hydrogens (tertiary/aromatic N) is 4. The van der Waals surface area contributed by atoms with E-state index in [4.69, 9.17) is 0 Å². The van der Waals surface area contributed by atoms with Crippen LogP contribution in [0.2, 0.25) is 0 Å². The molecule has 0 aliphatic carbocycles. The Morgan fingerprint density at radius 1 is 1.06 bits per heavy atom. The van der Waals surface area contributed by atoms with Crippen LogP contribution in [0.15, 0.2) is 42.9 Å². The molecule has 0 fully saturated rings. The third kappa shape index (κ3) is 1.98. The molecule has 1 aromatic carbocycles. The van der Waals surface area contributed by atoms with Gasteiger partial charge in [0.05, 0.1) is 6.20 Å². The largest absolute Gasteiger partial charge is 0.261 e. The van der Waals surface area contributed by atoms with Crippen LogP contribution in [0.1, 0.15) is 5.56 Å². The van der Waals surface area contributed by atoms with Gasteiger partial charge in [-0.25, -0.2) is 9.97 Å². The van der Waals surface area contributed by atoms with Crippen LogP contribution < -0.4 is 0 Å². The van der Waals surface area contributed by atoms with Crippen LogP contribution >= 0.6 is 0 Å². The smallest absolute Gasteiger partial charge is 0.181 e. The minimum atomic E-state index is 0.624. The van der Waals surface area contributed by atoms with Crippen LogP contribution in [0, 0.1) is 6.92 Å². The number of hydrogen-bond donors (Lipinski definition) is 1. The van der Waals surface area contributed by atoms with Gasteiger partial charge in [-0.3, -0.25) is 10.1 Å². The first-order valence-corrected chi connectivity index (χ1v) is 5.59. The summed E-state index contributed by atoms with van der Waals surface area (Å²) in [5.74, 6) is 1.29. The van der Waals surface area contributed by atoms with E-state index >= 15 is 0 Å². The summed E-state index contributed by atoms with van der Waals surface area (Å²) in [5, 5.41) is 7.06. The number of aromatic amines is 1. The molecule has 5 nitrogen and oxygen atoms in total. The van der Waals surface area contributed by atoms with Gasteiger partial charge in [-0.2, -0.15) is 5.10 Å². The lowest BCUT2D eigenvalue weighted by molar-refractivity contribution is 1.08. The maximum absolute atomic E-state index is 4.41. The van der Waals surface area contributed by atoms with Crippen molar-refractivity contribution in [1.82, 2.24) is 25.1 Å². The summed E-state index contributed by atoms with van der Waals surface area (Å²) < 4.78 is 0. The monoisotopic (exact) mass is 237 g/mol. The van der Waals surface area contributed by atoms with Crippen molar-refractivity contribution < 1.29 is 0 Å². The van der Waals surface area contributed by atoms with Crippen LogP contribution in [-0.2, 0) is 0 Å². The lowest BCUT2D eigenvalue weighted by atomic mass is 10.1. The fourth-order valence-electron chi connectivity index (χ4n) is 1.63. The van der Waals surface area contributed by atoms with E-state index in [2.05, 4.69) is 25.1 Å². The van der Waals surface area contributed by atoms with Gasteiger partial charge in [0.15, 0.2) is 11.6 Å². The Balaban J connectivity index is 1.97. The molecular formula is C13H11N5. The third-order valence-corrected chi connectivity index (χ3v) is 2.60. The molecule has 3 aromatic rings. The highest BCUT2D eigenvalue weighted by Crippen LogP contribution is 2.18. The van der Waals surface area contributed by atoms with Crippen molar-refractivity contribution in [3.63, 3.8) is 0 Å². The van der Waals surface area contributed by atoms with Gasteiger partial charge in [0, 0.05) is 18.0 Å². The zero-order valence-electron chi connectivity index (χ0n) is 9.83. The van der Waals surface area contributed by atoms with E-state index in [9.17, 15) is 0 Å². The SMILES string of the molecule is Cc1ccc(-c2n[nH]c(-c3cnccn3)n2)cc1. The summed E-state index contributed by atoms with van der Waals surface area (Å²) in [6, 6.07) is 8.07. The molecular weight excluding hydrogens is 226 g/mol. The molecule has 88 valence electrons. The van der Waals surface area contributed by atoms with Gasteiger partial charge in [-0.15, -0.1) is 0 Å². The molecule has 0 aliphatic heterocycles. The van der Waals surface area contributed by atoms with Crippen LogP contribution in [0.4, 0.5) is 0 Å². The van der Waals surface area contributed by atoms with E-state index in [0.29, 0.717) is 17.3 Å². The number of aryl methyl sites for hydroxylation is 1. The number of rotatable bonds is 2. The maximum atomic E-state index is 4.41. The second-order valence-electron chi connectivity index (χ2n) is 3.96. The zero-order valence-corrected chi connectivity index (χ0v) is 9.83. The fraction of sp³-hybridized carbons (Fsp3) is 0.0769. The predicted molar refractivity (Wildman–Crippen MR) is 67.6 cm³/mol. The molecule has 0 spiro atoms. The minimum Gasteiger partial charge on any atom is -0.261 e. The van der Waals surface area contributed by atoms with E-state index in [-0.39, 0.29) is 0 Å². The molecule has 0 bridgehead atoms. The Morgan fingerprint density at radius 3 is 2.61 bits per heavy atom.